The van der Waals surface area contributed by atoms with Crippen LogP contribution in [-0.2, 0) is 17.3 Å². The van der Waals surface area contributed by atoms with Crippen LogP contribution >= 0.6 is 11.8 Å². The molecule has 132 valence electrons. The zero-order valence-corrected chi connectivity index (χ0v) is 15.7. The van der Waals surface area contributed by atoms with Crippen molar-refractivity contribution in [2.24, 2.45) is 12.8 Å². The number of aryl methyl sites for hydroxylation is 1. The number of nitriles is 1. The van der Waals surface area contributed by atoms with Crippen molar-refractivity contribution < 1.29 is 4.79 Å². The summed E-state index contributed by atoms with van der Waals surface area (Å²) in [7, 11) is 3.73. The van der Waals surface area contributed by atoms with E-state index in [2.05, 4.69) is 10.6 Å². The number of thioether (sulfide) groups is 1. The van der Waals surface area contributed by atoms with Gasteiger partial charge in [0.15, 0.2) is 0 Å². The first-order valence-corrected chi connectivity index (χ1v) is 9.38. The fourth-order valence-electron chi connectivity index (χ4n) is 4.50. The average molecular weight is 372 g/mol. The standard InChI is InChI=1S/C21H16N4OS/c1-24-15-9-5-3-7-12(15)17-19(24)27-18(23)14(11-22)21(17)13-8-4-6-10-16(13)25(2)20(21)26/h3-10H,23H2,1-2H3. The van der Waals surface area contributed by atoms with E-state index < -0.39 is 5.41 Å². The number of nitrogens with two attached hydrogens (primary N) is 1. The first kappa shape index (κ1) is 16.0. The van der Waals surface area contributed by atoms with Crippen molar-refractivity contribution in [2.45, 2.75) is 10.4 Å². The summed E-state index contributed by atoms with van der Waals surface area (Å²) in [5.41, 5.74) is 8.97. The number of fused-ring (bicyclic) bond motifs is 6. The van der Waals surface area contributed by atoms with Gasteiger partial charge in [-0.25, -0.2) is 0 Å². The number of para-hydroxylation sites is 2. The Morgan fingerprint density at radius 2 is 1.81 bits per heavy atom. The van der Waals surface area contributed by atoms with Crippen molar-refractivity contribution in [2.75, 3.05) is 11.9 Å². The Morgan fingerprint density at radius 1 is 1.11 bits per heavy atom. The maximum atomic E-state index is 13.7. The van der Waals surface area contributed by atoms with Crippen LogP contribution in [0.5, 0.6) is 0 Å². The highest BCUT2D eigenvalue weighted by atomic mass is 32.2. The summed E-state index contributed by atoms with van der Waals surface area (Å²) in [6.45, 7) is 0. The summed E-state index contributed by atoms with van der Waals surface area (Å²) >= 11 is 1.36. The van der Waals surface area contributed by atoms with Gasteiger partial charge < -0.3 is 15.2 Å². The molecule has 1 unspecified atom stereocenters. The van der Waals surface area contributed by atoms with Crippen molar-refractivity contribution in [3.8, 4) is 6.07 Å². The molecule has 0 fully saturated rings. The van der Waals surface area contributed by atoms with Crippen LogP contribution in [0.15, 0.2) is 64.2 Å². The number of carbonyl (C=O) groups is 1. The van der Waals surface area contributed by atoms with Crippen LogP contribution in [-0.4, -0.2) is 17.5 Å². The normalized spacial score (nSPS) is 20.9. The predicted molar refractivity (Wildman–Crippen MR) is 106 cm³/mol. The van der Waals surface area contributed by atoms with Gasteiger partial charge in [-0.15, -0.1) is 0 Å². The average Bonchev–Trinajstić information content (AvgIpc) is 3.09. The van der Waals surface area contributed by atoms with Gasteiger partial charge in [-0.2, -0.15) is 5.26 Å². The van der Waals surface area contributed by atoms with Gasteiger partial charge in [-0.05, 0) is 12.1 Å². The lowest BCUT2D eigenvalue weighted by atomic mass is 9.70. The zero-order valence-electron chi connectivity index (χ0n) is 14.9. The van der Waals surface area contributed by atoms with Crippen molar-refractivity contribution in [3.63, 3.8) is 0 Å². The second kappa shape index (κ2) is 5.18. The van der Waals surface area contributed by atoms with Crippen LogP contribution in [0, 0.1) is 11.3 Å². The van der Waals surface area contributed by atoms with Gasteiger partial charge in [-0.3, -0.25) is 4.79 Å². The first-order valence-electron chi connectivity index (χ1n) is 8.57. The Bertz CT molecular complexity index is 1230. The summed E-state index contributed by atoms with van der Waals surface area (Å²) in [6, 6.07) is 17.9. The molecule has 2 aliphatic rings. The summed E-state index contributed by atoms with van der Waals surface area (Å²) in [5.74, 6) is -0.138. The fraction of sp³-hybridized carbons (Fsp3) is 0.143. The van der Waals surface area contributed by atoms with Gasteiger partial charge in [-0.1, -0.05) is 48.2 Å². The number of carbonyl (C=O) groups excluding carboxylic acids is 1. The smallest absolute Gasteiger partial charge is 0.247 e. The maximum Gasteiger partial charge on any atom is 0.247 e. The van der Waals surface area contributed by atoms with E-state index in [1.807, 2.05) is 55.6 Å². The molecule has 2 aliphatic heterocycles. The molecule has 0 saturated carbocycles. The van der Waals surface area contributed by atoms with E-state index in [-0.39, 0.29) is 5.91 Å². The Balaban J connectivity index is 2.04. The van der Waals surface area contributed by atoms with Gasteiger partial charge in [0.25, 0.3) is 0 Å². The second-order valence-corrected chi connectivity index (χ2v) is 7.87. The van der Waals surface area contributed by atoms with E-state index in [1.165, 1.54) is 11.8 Å². The van der Waals surface area contributed by atoms with Gasteiger partial charge in [0.05, 0.1) is 21.7 Å². The zero-order chi connectivity index (χ0) is 18.9. The number of likely N-dealkylation sites (N-methyl/N-ethyl adjacent to an activating group) is 1. The number of aromatic nitrogens is 1. The minimum absolute atomic E-state index is 0.138. The minimum Gasteiger partial charge on any atom is -0.392 e. The molecular formula is C21H16N4OS. The number of amides is 1. The molecule has 27 heavy (non-hydrogen) atoms. The molecule has 1 spiro atoms. The van der Waals surface area contributed by atoms with Gasteiger partial charge in [0.2, 0.25) is 5.91 Å². The highest BCUT2D eigenvalue weighted by Crippen LogP contribution is 2.58. The van der Waals surface area contributed by atoms with Gasteiger partial charge >= 0.3 is 0 Å². The van der Waals surface area contributed by atoms with Crippen molar-refractivity contribution in [1.29, 1.82) is 5.26 Å². The molecule has 0 radical (unpaired) electrons. The summed E-state index contributed by atoms with van der Waals surface area (Å²) in [5, 5.41) is 12.3. The largest absolute Gasteiger partial charge is 0.392 e. The number of benzene rings is 2. The molecule has 3 heterocycles. The van der Waals surface area contributed by atoms with Crippen LogP contribution in [0.25, 0.3) is 10.9 Å². The third kappa shape index (κ3) is 1.68. The fourth-order valence-corrected chi connectivity index (χ4v) is 5.61. The Morgan fingerprint density at radius 3 is 2.59 bits per heavy atom. The quantitative estimate of drug-likeness (QED) is 0.657. The van der Waals surface area contributed by atoms with E-state index in [9.17, 15) is 10.1 Å². The van der Waals surface area contributed by atoms with Gasteiger partial charge in [0.1, 0.15) is 5.41 Å². The molecule has 1 aromatic heterocycles. The molecule has 3 aromatic rings. The minimum atomic E-state index is -1.20. The third-order valence-electron chi connectivity index (χ3n) is 5.66. The highest BCUT2D eigenvalue weighted by molar-refractivity contribution is 8.03. The molecule has 2 N–H and O–H groups in total. The van der Waals surface area contributed by atoms with Crippen LogP contribution in [0.2, 0.25) is 0 Å². The molecule has 1 amide bonds. The summed E-state index contributed by atoms with van der Waals surface area (Å²) in [4.78, 5) is 15.4. The molecule has 0 saturated heterocycles. The lowest BCUT2D eigenvalue weighted by Crippen LogP contribution is -2.43. The number of nitrogens with zero attached hydrogens (tertiary/aromatic N) is 3. The van der Waals surface area contributed by atoms with Crippen molar-refractivity contribution >= 4 is 34.3 Å². The molecular weight excluding hydrogens is 356 g/mol. The number of anilines is 1. The first-order chi connectivity index (χ1) is 13.0. The number of hydrogen-bond acceptors (Lipinski definition) is 4. The number of rotatable bonds is 0. The van der Waals surface area contributed by atoms with E-state index >= 15 is 0 Å². The molecule has 0 aliphatic carbocycles. The Labute approximate surface area is 160 Å². The monoisotopic (exact) mass is 372 g/mol. The van der Waals surface area contributed by atoms with Crippen LogP contribution in [0.3, 0.4) is 0 Å². The highest BCUT2D eigenvalue weighted by Gasteiger charge is 2.58. The van der Waals surface area contributed by atoms with E-state index in [4.69, 9.17) is 5.73 Å². The lowest BCUT2D eigenvalue weighted by molar-refractivity contribution is -0.120. The number of hydrogen-bond donors (Lipinski definition) is 1. The van der Waals surface area contributed by atoms with E-state index in [0.29, 0.717) is 10.6 Å². The molecule has 5 nitrogen and oxygen atoms in total. The SMILES string of the molecule is CN1C(=O)C2(C(C#N)=C(N)Sc3c2c2ccccc2n3C)c2ccccc21. The Hall–Kier alpha value is -3.17. The van der Waals surface area contributed by atoms with Crippen LogP contribution < -0.4 is 10.6 Å². The second-order valence-electron chi connectivity index (χ2n) is 6.84. The molecule has 6 heteroatoms. The predicted octanol–water partition coefficient (Wildman–Crippen LogP) is 3.24. The topological polar surface area (TPSA) is 75.1 Å². The van der Waals surface area contributed by atoms with Gasteiger partial charge in [0, 0.05) is 41.8 Å². The van der Waals surface area contributed by atoms with E-state index in [1.54, 1.807) is 11.9 Å². The van der Waals surface area contributed by atoms with E-state index in [0.717, 1.165) is 32.7 Å². The maximum absolute atomic E-state index is 13.7. The summed E-state index contributed by atoms with van der Waals surface area (Å²) in [6.07, 6.45) is 0. The molecule has 5 rings (SSSR count). The van der Waals surface area contributed by atoms with Crippen LogP contribution in [0.4, 0.5) is 5.69 Å². The molecule has 1 atom stereocenters. The molecule has 0 bridgehead atoms. The van der Waals surface area contributed by atoms with Crippen LogP contribution in [0.1, 0.15) is 11.1 Å². The Kier molecular flexibility index (Phi) is 3.08. The van der Waals surface area contributed by atoms with Crippen molar-refractivity contribution in [1.82, 2.24) is 4.57 Å². The molecule has 2 aromatic carbocycles. The lowest BCUT2D eigenvalue weighted by Gasteiger charge is -2.33. The van der Waals surface area contributed by atoms with Crippen molar-refractivity contribution in [3.05, 3.63) is 70.3 Å². The third-order valence-corrected chi connectivity index (χ3v) is 6.76. The summed E-state index contributed by atoms with van der Waals surface area (Å²) < 4.78 is 2.06.